The van der Waals surface area contributed by atoms with Gasteiger partial charge in [0.2, 0.25) is 5.91 Å². The molecule has 8 nitrogen and oxygen atoms in total. The fourth-order valence-corrected chi connectivity index (χ4v) is 3.26. The van der Waals surface area contributed by atoms with Crippen molar-refractivity contribution in [2.45, 2.75) is 33.3 Å². The number of nitrogens with one attached hydrogen (secondary N) is 1. The maximum Gasteiger partial charge on any atom is 0.338 e. The lowest BCUT2D eigenvalue weighted by molar-refractivity contribution is -0.151. The molecular weight excluding hydrogens is 412 g/mol. The summed E-state index contributed by atoms with van der Waals surface area (Å²) in [6.07, 6.45) is -0.233. The van der Waals surface area contributed by atoms with Gasteiger partial charge in [0.05, 0.1) is 17.6 Å². The Morgan fingerprint density at radius 2 is 1.72 bits per heavy atom. The minimum atomic E-state index is -0.666. The molecular formula is C24H26N2O6. The molecule has 32 heavy (non-hydrogen) atoms. The molecule has 0 bridgehead atoms. The van der Waals surface area contributed by atoms with Crippen LogP contribution in [0.4, 0.5) is 11.4 Å². The summed E-state index contributed by atoms with van der Waals surface area (Å²) in [5, 5.41) is 2.65. The fourth-order valence-electron chi connectivity index (χ4n) is 3.26. The van der Waals surface area contributed by atoms with Crippen LogP contribution in [0.15, 0.2) is 48.5 Å². The van der Waals surface area contributed by atoms with Crippen molar-refractivity contribution >= 4 is 35.1 Å². The second-order valence-electron chi connectivity index (χ2n) is 7.93. The van der Waals surface area contributed by atoms with E-state index in [0.29, 0.717) is 16.9 Å². The average molecular weight is 438 g/mol. The van der Waals surface area contributed by atoms with Crippen molar-refractivity contribution in [2.24, 2.45) is 5.92 Å². The van der Waals surface area contributed by atoms with Crippen molar-refractivity contribution in [1.29, 1.82) is 0 Å². The number of amides is 2. The Bertz CT molecular complexity index is 998. The third kappa shape index (κ3) is 5.94. The molecule has 0 aliphatic carbocycles. The second kappa shape index (κ2) is 10.1. The van der Waals surface area contributed by atoms with E-state index in [9.17, 15) is 19.2 Å². The van der Waals surface area contributed by atoms with Crippen LogP contribution in [0.1, 0.15) is 36.2 Å². The molecule has 0 aromatic heterocycles. The number of esters is 2. The van der Waals surface area contributed by atoms with Crippen LogP contribution in [-0.2, 0) is 23.9 Å². The number of anilines is 2. The first kappa shape index (κ1) is 23.0. The number of nitrogens with zero attached hydrogens (tertiary/aromatic N) is 1. The Morgan fingerprint density at radius 1 is 1.06 bits per heavy atom. The van der Waals surface area contributed by atoms with E-state index in [4.69, 9.17) is 9.47 Å². The van der Waals surface area contributed by atoms with Gasteiger partial charge in [0, 0.05) is 24.3 Å². The standard InChI is InChI=1S/C24H26N2O6/c1-15(2)32-24(30)17-6-10-20(11-7-17)26-13-18(12-22(26)28)23(29)31-14-21(27)25-19-8-4-16(3)5-9-19/h4-11,15,18H,12-14H2,1-3H3,(H,25,27)/t18-/m0/s1. The number of carbonyl (C=O) groups is 4. The molecule has 3 rings (SSSR count). The van der Waals surface area contributed by atoms with Crippen LogP contribution in [0, 0.1) is 12.8 Å². The van der Waals surface area contributed by atoms with Crippen LogP contribution in [0.25, 0.3) is 0 Å². The average Bonchev–Trinajstić information content (AvgIpc) is 3.15. The van der Waals surface area contributed by atoms with Gasteiger partial charge in [-0.1, -0.05) is 17.7 Å². The predicted molar refractivity (Wildman–Crippen MR) is 118 cm³/mol. The molecule has 2 aromatic carbocycles. The largest absolute Gasteiger partial charge is 0.459 e. The van der Waals surface area contributed by atoms with Crippen LogP contribution in [0.3, 0.4) is 0 Å². The van der Waals surface area contributed by atoms with Crippen LogP contribution < -0.4 is 10.2 Å². The summed E-state index contributed by atoms with van der Waals surface area (Å²) in [7, 11) is 0. The van der Waals surface area contributed by atoms with Crippen LogP contribution in [0.2, 0.25) is 0 Å². The quantitative estimate of drug-likeness (QED) is 0.667. The first-order valence-corrected chi connectivity index (χ1v) is 10.4. The molecule has 1 atom stereocenters. The summed E-state index contributed by atoms with van der Waals surface area (Å²) in [5.74, 6) is -2.39. The van der Waals surface area contributed by atoms with Crippen molar-refractivity contribution in [3.63, 3.8) is 0 Å². The molecule has 0 spiro atoms. The molecule has 0 saturated carbocycles. The summed E-state index contributed by atoms with van der Waals surface area (Å²) < 4.78 is 10.3. The van der Waals surface area contributed by atoms with Crippen molar-refractivity contribution in [3.8, 4) is 0 Å². The Labute approximate surface area is 186 Å². The van der Waals surface area contributed by atoms with Crippen molar-refractivity contribution < 1.29 is 28.7 Å². The highest BCUT2D eigenvalue weighted by atomic mass is 16.5. The van der Waals surface area contributed by atoms with Gasteiger partial charge in [-0.15, -0.1) is 0 Å². The predicted octanol–water partition coefficient (Wildman–Crippen LogP) is 3.10. The number of benzene rings is 2. The van der Waals surface area contributed by atoms with Gasteiger partial charge in [-0.3, -0.25) is 14.4 Å². The highest BCUT2D eigenvalue weighted by Gasteiger charge is 2.36. The summed E-state index contributed by atoms with van der Waals surface area (Å²) in [6.45, 7) is 5.19. The number of ether oxygens (including phenoxy) is 2. The van der Waals surface area contributed by atoms with Gasteiger partial charge in [0.15, 0.2) is 6.61 Å². The SMILES string of the molecule is Cc1ccc(NC(=O)COC(=O)[C@H]2CC(=O)N(c3ccc(C(=O)OC(C)C)cc3)C2)cc1. The van der Waals surface area contributed by atoms with E-state index in [1.807, 2.05) is 19.1 Å². The molecule has 0 unspecified atom stereocenters. The van der Waals surface area contributed by atoms with Gasteiger partial charge in [-0.05, 0) is 57.2 Å². The van der Waals surface area contributed by atoms with Crippen molar-refractivity contribution in [3.05, 3.63) is 59.7 Å². The first-order chi connectivity index (χ1) is 15.2. The Kier molecular flexibility index (Phi) is 7.25. The molecule has 2 amide bonds. The molecule has 2 aromatic rings. The molecule has 8 heteroatoms. The zero-order valence-electron chi connectivity index (χ0n) is 18.3. The summed E-state index contributed by atoms with van der Waals surface area (Å²) >= 11 is 0. The molecule has 1 aliphatic rings. The maximum atomic E-state index is 12.4. The van der Waals surface area contributed by atoms with Gasteiger partial charge in [0.1, 0.15) is 0 Å². The van der Waals surface area contributed by atoms with Gasteiger partial charge in [0.25, 0.3) is 5.91 Å². The normalized spacial score (nSPS) is 15.6. The first-order valence-electron chi connectivity index (χ1n) is 10.4. The lowest BCUT2D eigenvalue weighted by Gasteiger charge is -2.17. The Morgan fingerprint density at radius 3 is 2.34 bits per heavy atom. The Hall–Kier alpha value is -3.68. The van der Waals surface area contributed by atoms with Gasteiger partial charge in [-0.2, -0.15) is 0 Å². The van der Waals surface area contributed by atoms with Crippen LogP contribution >= 0.6 is 0 Å². The van der Waals surface area contributed by atoms with E-state index in [1.165, 1.54) is 4.90 Å². The lowest BCUT2D eigenvalue weighted by Crippen LogP contribution is -2.28. The van der Waals surface area contributed by atoms with E-state index >= 15 is 0 Å². The second-order valence-corrected chi connectivity index (χ2v) is 7.93. The monoisotopic (exact) mass is 438 g/mol. The third-order valence-electron chi connectivity index (χ3n) is 4.90. The van der Waals surface area contributed by atoms with E-state index < -0.39 is 30.4 Å². The number of hydrogen-bond acceptors (Lipinski definition) is 6. The number of carbonyl (C=O) groups excluding carboxylic acids is 4. The van der Waals surface area contributed by atoms with Gasteiger partial charge >= 0.3 is 11.9 Å². The van der Waals surface area contributed by atoms with Crippen LogP contribution in [-0.4, -0.2) is 43.0 Å². The number of aryl methyl sites for hydroxylation is 1. The van der Waals surface area contributed by atoms with Crippen molar-refractivity contribution in [2.75, 3.05) is 23.4 Å². The summed E-state index contributed by atoms with van der Waals surface area (Å²) in [4.78, 5) is 50.2. The Balaban J connectivity index is 1.52. The van der Waals surface area contributed by atoms with E-state index in [0.717, 1.165) is 5.56 Å². The molecule has 1 aliphatic heterocycles. The maximum absolute atomic E-state index is 12.4. The van der Waals surface area contributed by atoms with Gasteiger partial charge < -0.3 is 19.7 Å². The summed E-state index contributed by atoms with van der Waals surface area (Å²) in [5.41, 5.74) is 2.63. The molecule has 168 valence electrons. The molecule has 0 radical (unpaired) electrons. The minimum Gasteiger partial charge on any atom is -0.459 e. The van der Waals surface area contributed by atoms with E-state index in [1.54, 1.807) is 50.2 Å². The van der Waals surface area contributed by atoms with E-state index in [2.05, 4.69) is 5.32 Å². The van der Waals surface area contributed by atoms with Crippen LogP contribution in [0.5, 0.6) is 0 Å². The zero-order valence-corrected chi connectivity index (χ0v) is 18.3. The molecule has 1 fully saturated rings. The molecule has 1 saturated heterocycles. The van der Waals surface area contributed by atoms with Crippen molar-refractivity contribution in [1.82, 2.24) is 0 Å². The number of rotatable bonds is 7. The minimum absolute atomic E-state index is 0.00441. The summed E-state index contributed by atoms with van der Waals surface area (Å²) in [6, 6.07) is 13.7. The zero-order chi connectivity index (χ0) is 23.3. The smallest absolute Gasteiger partial charge is 0.338 e. The lowest BCUT2D eigenvalue weighted by atomic mass is 10.1. The molecule has 1 heterocycles. The highest BCUT2D eigenvalue weighted by Crippen LogP contribution is 2.26. The van der Waals surface area contributed by atoms with Gasteiger partial charge in [-0.25, -0.2) is 4.79 Å². The fraction of sp³-hybridized carbons (Fsp3) is 0.333. The topological polar surface area (TPSA) is 102 Å². The molecule has 1 N–H and O–H groups in total. The third-order valence-corrected chi connectivity index (χ3v) is 4.90. The number of hydrogen-bond donors (Lipinski definition) is 1. The highest BCUT2D eigenvalue weighted by molar-refractivity contribution is 6.00. The van der Waals surface area contributed by atoms with E-state index in [-0.39, 0.29) is 25.0 Å².